The number of hydrogen-bond donors (Lipinski definition) is 2. The van der Waals surface area contributed by atoms with Crippen LogP contribution in [0.25, 0.3) is 0 Å². The van der Waals surface area contributed by atoms with Gasteiger partial charge in [0.1, 0.15) is 0 Å². The molecule has 0 spiro atoms. The molecule has 88 valence electrons. The van der Waals surface area contributed by atoms with E-state index in [1.165, 1.54) is 6.20 Å². The van der Waals surface area contributed by atoms with Crippen molar-refractivity contribution >= 4 is 56.3 Å². The van der Waals surface area contributed by atoms with Gasteiger partial charge in [0.2, 0.25) is 0 Å². The largest absolute Gasteiger partial charge is 0.396 e. The molecule has 0 fully saturated rings. The van der Waals surface area contributed by atoms with Crippen molar-refractivity contribution in [3.05, 3.63) is 45.0 Å². The molecule has 0 radical (unpaired) electrons. The molecule has 0 aliphatic heterocycles. The summed E-state index contributed by atoms with van der Waals surface area (Å²) in [5.41, 5.74) is 7.11. The van der Waals surface area contributed by atoms with Gasteiger partial charge in [-0.3, -0.25) is 0 Å². The Balaban J connectivity index is 2.31. The minimum atomic E-state index is 0.486. The van der Waals surface area contributed by atoms with Gasteiger partial charge in [0.15, 0.2) is 5.82 Å². The summed E-state index contributed by atoms with van der Waals surface area (Å²) < 4.78 is 0.834. The molecule has 0 aliphatic rings. The smallest absolute Gasteiger partial charge is 0.153 e. The van der Waals surface area contributed by atoms with Crippen LogP contribution in [0, 0.1) is 0 Å². The van der Waals surface area contributed by atoms with Crippen molar-refractivity contribution in [2.45, 2.75) is 0 Å². The highest BCUT2D eigenvalue weighted by Gasteiger charge is 2.05. The summed E-state index contributed by atoms with van der Waals surface area (Å²) >= 11 is 15.0. The van der Waals surface area contributed by atoms with E-state index in [0.717, 1.165) is 10.2 Å². The van der Waals surface area contributed by atoms with Gasteiger partial charge in [0.25, 0.3) is 0 Å². The summed E-state index contributed by atoms with van der Waals surface area (Å²) in [6, 6.07) is 7.04. The number of pyridine rings is 1. The quantitative estimate of drug-likeness (QED) is 0.852. The summed E-state index contributed by atoms with van der Waals surface area (Å²) in [5.74, 6) is 0.553. The topological polar surface area (TPSA) is 50.9 Å². The van der Waals surface area contributed by atoms with Gasteiger partial charge in [-0.15, -0.1) is 0 Å². The minimum absolute atomic E-state index is 0.486. The molecule has 3 N–H and O–H groups in total. The maximum Gasteiger partial charge on any atom is 0.153 e. The van der Waals surface area contributed by atoms with E-state index in [4.69, 9.17) is 28.9 Å². The molecule has 0 aliphatic carbocycles. The molecule has 2 aromatic rings. The van der Waals surface area contributed by atoms with Gasteiger partial charge in [0, 0.05) is 15.7 Å². The van der Waals surface area contributed by atoms with Gasteiger partial charge < -0.3 is 11.1 Å². The summed E-state index contributed by atoms with van der Waals surface area (Å²) in [7, 11) is 0. The van der Waals surface area contributed by atoms with E-state index >= 15 is 0 Å². The summed E-state index contributed by atoms with van der Waals surface area (Å²) in [4.78, 5) is 4.11. The number of hydrogen-bond acceptors (Lipinski definition) is 3. The number of rotatable bonds is 2. The normalized spacial score (nSPS) is 10.3. The predicted molar refractivity (Wildman–Crippen MR) is 76.1 cm³/mol. The van der Waals surface area contributed by atoms with Gasteiger partial charge in [-0.1, -0.05) is 23.2 Å². The van der Waals surface area contributed by atoms with Gasteiger partial charge >= 0.3 is 0 Å². The lowest BCUT2D eigenvalue weighted by Crippen LogP contribution is -1.99. The Hall–Kier alpha value is -0.970. The van der Waals surface area contributed by atoms with Crippen LogP contribution in [0.3, 0.4) is 0 Å². The molecule has 17 heavy (non-hydrogen) atoms. The highest BCUT2D eigenvalue weighted by molar-refractivity contribution is 9.10. The number of halogens is 3. The third-order valence-electron chi connectivity index (χ3n) is 2.07. The molecular formula is C11H8BrCl2N3. The Morgan fingerprint density at radius 2 is 1.94 bits per heavy atom. The molecule has 0 bridgehead atoms. The van der Waals surface area contributed by atoms with E-state index in [1.807, 2.05) is 6.07 Å². The second-order valence-corrected chi connectivity index (χ2v) is 5.07. The first kappa shape index (κ1) is 12.5. The molecule has 1 heterocycles. The molecular weight excluding hydrogens is 325 g/mol. The summed E-state index contributed by atoms with van der Waals surface area (Å²) in [6.07, 6.45) is 1.53. The van der Waals surface area contributed by atoms with Crippen LogP contribution in [0.15, 0.2) is 34.9 Å². The van der Waals surface area contributed by atoms with Crippen LogP contribution >= 0.6 is 39.1 Å². The van der Waals surface area contributed by atoms with Gasteiger partial charge in [-0.2, -0.15) is 0 Å². The molecule has 6 heteroatoms. The van der Waals surface area contributed by atoms with Crippen molar-refractivity contribution in [1.82, 2.24) is 4.98 Å². The number of anilines is 3. The fourth-order valence-electron chi connectivity index (χ4n) is 1.28. The van der Waals surface area contributed by atoms with E-state index in [-0.39, 0.29) is 0 Å². The zero-order chi connectivity index (χ0) is 12.4. The Bertz CT molecular complexity index is 511. The van der Waals surface area contributed by atoms with Crippen molar-refractivity contribution in [2.24, 2.45) is 0 Å². The maximum atomic E-state index is 5.86. The van der Waals surface area contributed by atoms with E-state index < -0.39 is 0 Å². The van der Waals surface area contributed by atoms with Crippen LogP contribution in [0.2, 0.25) is 10.0 Å². The summed E-state index contributed by atoms with van der Waals surface area (Å²) in [6.45, 7) is 0. The van der Waals surface area contributed by atoms with E-state index in [2.05, 4.69) is 26.2 Å². The molecule has 1 aromatic heterocycles. The average Bonchev–Trinajstić information content (AvgIpc) is 2.25. The fraction of sp³-hybridized carbons (Fsp3) is 0. The Morgan fingerprint density at radius 3 is 2.59 bits per heavy atom. The van der Waals surface area contributed by atoms with E-state index in [1.54, 1.807) is 18.2 Å². The Morgan fingerprint density at radius 1 is 1.18 bits per heavy atom. The van der Waals surface area contributed by atoms with Crippen LogP contribution in [0.1, 0.15) is 0 Å². The number of nitrogens with two attached hydrogens (primary N) is 1. The number of benzene rings is 1. The van der Waals surface area contributed by atoms with E-state index in [9.17, 15) is 0 Å². The Kier molecular flexibility index (Phi) is 3.76. The standard InChI is InChI=1S/C11H8BrCl2N3/c12-8-3-6(13)1-2-10(8)17-11-9(15)4-7(14)5-16-11/h1-5H,15H2,(H,16,17). The van der Waals surface area contributed by atoms with Gasteiger partial charge in [-0.25, -0.2) is 4.98 Å². The highest BCUT2D eigenvalue weighted by atomic mass is 79.9. The van der Waals surface area contributed by atoms with Crippen LogP contribution in [0.4, 0.5) is 17.2 Å². The lowest BCUT2D eigenvalue weighted by atomic mass is 10.3. The number of nitrogens with one attached hydrogen (secondary N) is 1. The molecule has 0 saturated carbocycles. The van der Waals surface area contributed by atoms with Crippen molar-refractivity contribution in [3.63, 3.8) is 0 Å². The van der Waals surface area contributed by atoms with Crippen LogP contribution in [-0.2, 0) is 0 Å². The second-order valence-electron chi connectivity index (χ2n) is 3.34. The molecule has 2 rings (SSSR count). The fourth-order valence-corrected chi connectivity index (χ4v) is 2.23. The van der Waals surface area contributed by atoms with Crippen LogP contribution in [0.5, 0.6) is 0 Å². The van der Waals surface area contributed by atoms with Crippen molar-refractivity contribution in [1.29, 1.82) is 0 Å². The summed E-state index contributed by atoms with van der Waals surface area (Å²) in [5, 5.41) is 4.25. The number of nitrogens with zero attached hydrogens (tertiary/aromatic N) is 1. The number of aromatic nitrogens is 1. The van der Waals surface area contributed by atoms with Crippen LogP contribution < -0.4 is 11.1 Å². The van der Waals surface area contributed by atoms with Gasteiger partial charge in [-0.05, 0) is 40.2 Å². The lowest BCUT2D eigenvalue weighted by molar-refractivity contribution is 1.31. The first-order valence-corrected chi connectivity index (χ1v) is 6.24. The molecule has 3 nitrogen and oxygen atoms in total. The minimum Gasteiger partial charge on any atom is -0.396 e. The monoisotopic (exact) mass is 331 g/mol. The predicted octanol–water partition coefficient (Wildman–Crippen LogP) is 4.48. The highest BCUT2D eigenvalue weighted by Crippen LogP contribution is 2.30. The number of nitrogen functional groups attached to an aromatic ring is 1. The second kappa shape index (κ2) is 5.12. The van der Waals surface area contributed by atoms with Crippen LogP contribution in [-0.4, -0.2) is 4.98 Å². The third-order valence-corrected chi connectivity index (χ3v) is 3.17. The average molecular weight is 333 g/mol. The molecule has 0 saturated heterocycles. The van der Waals surface area contributed by atoms with Crippen molar-refractivity contribution < 1.29 is 0 Å². The van der Waals surface area contributed by atoms with Crippen molar-refractivity contribution in [3.8, 4) is 0 Å². The third kappa shape index (κ3) is 3.03. The first-order chi connectivity index (χ1) is 8.06. The lowest BCUT2D eigenvalue weighted by Gasteiger charge is -2.10. The Labute approximate surface area is 117 Å². The zero-order valence-electron chi connectivity index (χ0n) is 8.55. The zero-order valence-corrected chi connectivity index (χ0v) is 11.6. The van der Waals surface area contributed by atoms with Gasteiger partial charge in [0.05, 0.1) is 16.4 Å². The SMILES string of the molecule is Nc1cc(Cl)cnc1Nc1ccc(Cl)cc1Br. The first-order valence-electron chi connectivity index (χ1n) is 4.69. The van der Waals surface area contributed by atoms with E-state index in [0.29, 0.717) is 21.6 Å². The van der Waals surface area contributed by atoms with Crippen molar-refractivity contribution in [2.75, 3.05) is 11.1 Å². The molecule has 1 aromatic carbocycles. The molecule has 0 amide bonds. The molecule has 0 atom stereocenters. The molecule has 0 unspecified atom stereocenters. The maximum absolute atomic E-state index is 5.86.